The highest BCUT2D eigenvalue weighted by Gasteiger charge is 2.40. The Kier molecular flexibility index (Phi) is 3.85. The molecule has 2 aromatic carbocycles. The number of hydrogen-bond acceptors (Lipinski definition) is 3. The summed E-state index contributed by atoms with van der Waals surface area (Å²) >= 11 is 9.64. The Hall–Kier alpha value is -1.85. The third-order valence-electron chi connectivity index (χ3n) is 4.82. The molecule has 0 aromatic heterocycles. The van der Waals surface area contributed by atoms with Gasteiger partial charge in [0.1, 0.15) is 5.69 Å². The molecule has 0 amide bonds. The fraction of sp³-hybridized carbons (Fsp3) is 0.222. The Morgan fingerprint density at radius 2 is 2.12 bits per heavy atom. The molecule has 4 nitrogen and oxygen atoms in total. The molecular formula is C18H14BrClN2O2. The van der Waals surface area contributed by atoms with Crippen molar-refractivity contribution < 1.29 is 4.92 Å². The quantitative estimate of drug-likeness (QED) is 0.388. The van der Waals surface area contributed by atoms with Crippen LogP contribution in [0.15, 0.2) is 53.0 Å². The molecule has 0 fully saturated rings. The third-order valence-corrected chi connectivity index (χ3v) is 5.53. The molecule has 1 N–H and O–H groups in total. The van der Waals surface area contributed by atoms with E-state index in [2.05, 4.69) is 45.5 Å². The number of nitrogens with one attached hydrogen (secondary N) is 1. The molecule has 0 bridgehead atoms. The summed E-state index contributed by atoms with van der Waals surface area (Å²) in [6.45, 7) is 0. The molecule has 24 heavy (non-hydrogen) atoms. The van der Waals surface area contributed by atoms with Crippen molar-refractivity contribution in [1.82, 2.24) is 0 Å². The molecular weight excluding hydrogens is 392 g/mol. The average molecular weight is 406 g/mol. The maximum atomic E-state index is 11.5. The number of anilines is 1. The SMILES string of the molecule is O=[N+]([O-])c1cc(Cl)cc2c1N[C@H](c1cccc(Br)c1)[C@@H]1CC=C[C@@H]21. The zero-order chi connectivity index (χ0) is 16.8. The Morgan fingerprint density at radius 3 is 2.88 bits per heavy atom. The number of rotatable bonds is 2. The summed E-state index contributed by atoms with van der Waals surface area (Å²) in [4.78, 5) is 11.1. The Morgan fingerprint density at radius 1 is 1.29 bits per heavy atom. The number of fused-ring (bicyclic) bond motifs is 3. The number of hydrogen-bond donors (Lipinski definition) is 1. The highest BCUT2D eigenvalue weighted by Crippen LogP contribution is 2.52. The fourth-order valence-electron chi connectivity index (χ4n) is 3.82. The van der Waals surface area contributed by atoms with E-state index in [4.69, 9.17) is 11.6 Å². The van der Waals surface area contributed by atoms with Crippen molar-refractivity contribution in [2.24, 2.45) is 5.92 Å². The Bertz CT molecular complexity index is 868. The van der Waals surface area contributed by atoms with Gasteiger partial charge in [-0.05, 0) is 41.7 Å². The summed E-state index contributed by atoms with van der Waals surface area (Å²) in [7, 11) is 0. The van der Waals surface area contributed by atoms with E-state index in [-0.39, 0.29) is 22.6 Å². The third kappa shape index (κ3) is 2.52. The van der Waals surface area contributed by atoms with E-state index < -0.39 is 0 Å². The summed E-state index contributed by atoms with van der Waals surface area (Å²) < 4.78 is 1.00. The number of nitro groups is 1. The molecule has 0 radical (unpaired) electrons. The molecule has 6 heteroatoms. The van der Waals surface area contributed by atoms with E-state index in [1.165, 1.54) is 6.07 Å². The van der Waals surface area contributed by atoms with E-state index in [0.717, 1.165) is 22.0 Å². The van der Waals surface area contributed by atoms with Gasteiger partial charge in [-0.2, -0.15) is 0 Å². The van der Waals surface area contributed by atoms with Crippen molar-refractivity contribution in [2.75, 3.05) is 5.32 Å². The number of allylic oxidation sites excluding steroid dienone is 2. The maximum absolute atomic E-state index is 11.5. The second-order valence-corrected chi connectivity index (χ2v) is 7.53. The number of benzene rings is 2. The lowest BCUT2D eigenvalue weighted by atomic mass is 9.77. The van der Waals surface area contributed by atoms with Crippen LogP contribution in [0, 0.1) is 16.0 Å². The van der Waals surface area contributed by atoms with Gasteiger partial charge in [0, 0.05) is 21.5 Å². The molecule has 122 valence electrons. The van der Waals surface area contributed by atoms with Crippen LogP contribution in [0.1, 0.15) is 29.5 Å². The van der Waals surface area contributed by atoms with Crippen molar-refractivity contribution in [3.05, 3.63) is 79.3 Å². The van der Waals surface area contributed by atoms with Gasteiger partial charge in [-0.1, -0.05) is 51.8 Å². The van der Waals surface area contributed by atoms with E-state index in [0.29, 0.717) is 16.6 Å². The second kappa shape index (κ2) is 5.90. The predicted octanol–water partition coefficient (Wildman–Crippen LogP) is 5.84. The van der Waals surface area contributed by atoms with Crippen LogP contribution in [0.25, 0.3) is 0 Å². The lowest BCUT2D eigenvalue weighted by Crippen LogP contribution is -2.29. The molecule has 0 saturated carbocycles. The standard InChI is InChI=1S/C18H14BrClN2O2/c19-11-4-1-3-10(7-11)17-14-6-2-5-13(14)15-8-12(20)9-16(22(23)24)18(15)21-17/h1-5,7-9,13-14,17,21H,6H2/t13-,14-,17-/m1/s1. The Labute approximate surface area is 152 Å². The van der Waals surface area contributed by atoms with Crippen molar-refractivity contribution in [2.45, 2.75) is 18.4 Å². The summed E-state index contributed by atoms with van der Waals surface area (Å²) in [5.74, 6) is 0.465. The first-order valence-corrected chi connectivity index (χ1v) is 8.88. The summed E-state index contributed by atoms with van der Waals surface area (Å²) in [5.41, 5.74) is 2.66. The largest absolute Gasteiger partial charge is 0.372 e. The second-order valence-electron chi connectivity index (χ2n) is 6.18. The summed E-state index contributed by atoms with van der Waals surface area (Å²) in [5, 5.41) is 15.3. The van der Waals surface area contributed by atoms with Crippen LogP contribution in [0.4, 0.5) is 11.4 Å². The minimum absolute atomic E-state index is 0.0230. The maximum Gasteiger partial charge on any atom is 0.294 e. The van der Waals surface area contributed by atoms with Crippen molar-refractivity contribution in [1.29, 1.82) is 0 Å². The number of nitrogens with zero attached hydrogens (tertiary/aromatic N) is 1. The zero-order valence-electron chi connectivity index (χ0n) is 12.6. The molecule has 1 aliphatic heterocycles. The van der Waals surface area contributed by atoms with E-state index >= 15 is 0 Å². The number of halogens is 2. The molecule has 0 spiro atoms. The lowest BCUT2D eigenvalue weighted by molar-refractivity contribution is -0.384. The predicted molar refractivity (Wildman–Crippen MR) is 98.6 cm³/mol. The van der Waals surface area contributed by atoms with Gasteiger partial charge in [0.05, 0.1) is 11.0 Å². The van der Waals surface area contributed by atoms with Gasteiger partial charge < -0.3 is 5.32 Å². The van der Waals surface area contributed by atoms with Crippen LogP contribution < -0.4 is 5.32 Å². The number of nitro benzene ring substituents is 1. The first-order chi connectivity index (χ1) is 11.5. The minimum atomic E-state index is -0.366. The highest BCUT2D eigenvalue weighted by atomic mass is 79.9. The molecule has 3 atom stereocenters. The van der Waals surface area contributed by atoms with Gasteiger partial charge in [-0.15, -0.1) is 0 Å². The monoisotopic (exact) mass is 404 g/mol. The zero-order valence-corrected chi connectivity index (χ0v) is 14.9. The van der Waals surface area contributed by atoms with Gasteiger partial charge >= 0.3 is 0 Å². The van der Waals surface area contributed by atoms with Crippen molar-refractivity contribution in [3.8, 4) is 0 Å². The van der Waals surface area contributed by atoms with Gasteiger partial charge in [0.25, 0.3) is 5.69 Å². The lowest BCUT2D eigenvalue weighted by Gasteiger charge is -2.37. The van der Waals surface area contributed by atoms with E-state index in [1.54, 1.807) is 0 Å². The molecule has 1 heterocycles. The minimum Gasteiger partial charge on any atom is -0.372 e. The van der Waals surface area contributed by atoms with Crippen molar-refractivity contribution >= 4 is 38.9 Å². The molecule has 4 rings (SSSR count). The first-order valence-electron chi connectivity index (χ1n) is 7.71. The smallest absolute Gasteiger partial charge is 0.294 e. The van der Waals surface area contributed by atoms with E-state index in [9.17, 15) is 10.1 Å². The Balaban J connectivity index is 1.87. The molecule has 0 unspecified atom stereocenters. The molecule has 0 saturated heterocycles. The fourth-order valence-corrected chi connectivity index (χ4v) is 4.46. The van der Waals surface area contributed by atoms with Crippen LogP contribution in [0.5, 0.6) is 0 Å². The normalized spacial score (nSPS) is 24.2. The molecule has 1 aliphatic carbocycles. The summed E-state index contributed by atoms with van der Waals surface area (Å²) in [6.07, 6.45) is 5.24. The van der Waals surface area contributed by atoms with Crippen LogP contribution in [0.3, 0.4) is 0 Å². The summed E-state index contributed by atoms with van der Waals surface area (Å²) in [6, 6.07) is 11.4. The van der Waals surface area contributed by atoms with Gasteiger partial charge in [-0.25, -0.2) is 0 Å². The highest BCUT2D eigenvalue weighted by molar-refractivity contribution is 9.10. The molecule has 2 aromatic rings. The topological polar surface area (TPSA) is 55.2 Å². The van der Waals surface area contributed by atoms with Gasteiger partial charge in [0.2, 0.25) is 0 Å². The molecule has 2 aliphatic rings. The van der Waals surface area contributed by atoms with Crippen molar-refractivity contribution in [3.63, 3.8) is 0 Å². The van der Waals surface area contributed by atoms with Crippen LogP contribution in [0.2, 0.25) is 5.02 Å². The average Bonchev–Trinajstić information content (AvgIpc) is 3.03. The van der Waals surface area contributed by atoms with Crippen LogP contribution >= 0.6 is 27.5 Å². The van der Waals surface area contributed by atoms with Crippen LogP contribution in [-0.4, -0.2) is 4.92 Å². The first kappa shape index (κ1) is 15.7. The van der Waals surface area contributed by atoms with E-state index in [1.807, 2.05) is 18.2 Å². The van der Waals surface area contributed by atoms with Crippen LogP contribution in [-0.2, 0) is 0 Å². The van der Waals surface area contributed by atoms with Gasteiger partial charge in [0.15, 0.2) is 0 Å². The van der Waals surface area contributed by atoms with Gasteiger partial charge in [-0.3, -0.25) is 10.1 Å².